The van der Waals surface area contributed by atoms with Crippen LogP contribution in [0.3, 0.4) is 0 Å². The zero-order valence-electron chi connectivity index (χ0n) is 9.15. The molecule has 1 aromatic rings. The van der Waals surface area contributed by atoms with E-state index < -0.39 is 11.6 Å². The summed E-state index contributed by atoms with van der Waals surface area (Å²) < 4.78 is 0. The van der Waals surface area contributed by atoms with Gasteiger partial charge in [-0.25, -0.2) is 4.79 Å². The summed E-state index contributed by atoms with van der Waals surface area (Å²) in [4.78, 5) is 24.6. The Morgan fingerprint density at radius 1 is 1.19 bits per heavy atom. The predicted octanol–water partition coefficient (Wildman–Crippen LogP) is 1.10. The molecule has 0 saturated carbocycles. The maximum atomic E-state index is 11.6. The summed E-state index contributed by atoms with van der Waals surface area (Å²) in [5.74, 6) is -0.297. The summed E-state index contributed by atoms with van der Waals surface area (Å²) in [5, 5.41) is 2.29. The molecule has 0 unspecified atom stereocenters. The molecule has 3 amide bonds. The number of carbonyl (C=O) groups is 2. The number of hydrogen-bond acceptors (Lipinski definition) is 3. The van der Waals surface area contributed by atoms with Gasteiger partial charge in [-0.2, -0.15) is 0 Å². The topological polar surface area (TPSA) is 75.4 Å². The van der Waals surface area contributed by atoms with E-state index in [9.17, 15) is 9.59 Å². The van der Waals surface area contributed by atoms with E-state index in [0.717, 1.165) is 0 Å². The molecule has 0 atom stereocenters. The highest BCUT2D eigenvalue weighted by Crippen LogP contribution is 2.28. The number of imide groups is 1. The Kier molecular flexibility index (Phi) is 2.11. The molecule has 1 heterocycles. The van der Waals surface area contributed by atoms with Crippen LogP contribution < -0.4 is 16.0 Å². The maximum absolute atomic E-state index is 11.6. The third-order valence-corrected chi connectivity index (χ3v) is 2.69. The van der Waals surface area contributed by atoms with E-state index in [1.54, 1.807) is 38.1 Å². The minimum absolute atomic E-state index is 0.297. The molecule has 1 fully saturated rings. The van der Waals surface area contributed by atoms with Gasteiger partial charge in [0.1, 0.15) is 5.54 Å². The van der Waals surface area contributed by atoms with E-state index in [2.05, 4.69) is 5.32 Å². The first kappa shape index (κ1) is 10.5. The molecule has 16 heavy (non-hydrogen) atoms. The Balaban J connectivity index is 2.44. The second-order valence-electron chi connectivity index (χ2n) is 4.25. The second-order valence-corrected chi connectivity index (χ2v) is 4.25. The minimum atomic E-state index is -0.868. The van der Waals surface area contributed by atoms with Crippen molar-refractivity contribution in [1.29, 1.82) is 0 Å². The summed E-state index contributed by atoms with van der Waals surface area (Å²) in [5.41, 5.74) is 5.97. The zero-order valence-corrected chi connectivity index (χ0v) is 9.15. The Bertz CT molecular complexity index is 451. The van der Waals surface area contributed by atoms with Crippen molar-refractivity contribution >= 4 is 23.3 Å². The molecule has 1 aliphatic rings. The molecule has 5 heteroatoms. The van der Waals surface area contributed by atoms with Crippen LogP contribution in [0.1, 0.15) is 13.8 Å². The third-order valence-electron chi connectivity index (χ3n) is 2.69. The number of nitrogen functional groups attached to an aromatic ring is 1. The van der Waals surface area contributed by atoms with E-state index in [4.69, 9.17) is 5.73 Å². The molecule has 0 radical (unpaired) electrons. The smallest absolute Gasteiger partial charge is 0.329 e. The van der Waals surface area contributed by atoms with Crippen molar-refractivity contribution in [3.8, 4) is 0 Å². The first-order chi connectivity index (χ1) is 7.43. The molecule has 1 saturated heterocycles. The van der Waals surface area contributed by atoms with Gasteiger partial charge in [-0.3, -0.25) is 15.0 Å². The number of hydrogen-bond donors (Lipinski definition) is 2. The summed E-state index contributed by atoms with van der Waals surface area (Å²) in [7, 11) is 0. The van der Waals surface area contributed by atoms with Gasteiger partial charge in [-0.05, 0) is 38.1 Å². The molecule has 1 aliphatic heterocycles. The third kappa shape index (κ3) is 1.41. The van der Waals surface area contributed by atoms with Crippen molar-refractivity contribution in [2.24, 2.45) is 0 Å². The van der Waals surface area contributed by atoms with Gasteiger partial charge in [0.05, 0.1) is 0 Å². The van der Waals surface area contributed by atoms with Gasteiger partial charge < -0.3 is 5.73 Å². The van der Waals surface area contributed by atoms with Crippen LogP contribution in [0, 0.1) is 0 Å². The van der Waals surface area contributed by atoms with Gasteiger partial charge in [0.2, 0.25) is 0 Å². The number of benzene rings is 1. The van der Waals surface area contributed by atoms with Crippen LogP contribution in [0.5, 0.6) is 0 Å². The quantitative estimate of drug-likeness (QED) is 0.548. The average Bonchev–Trinajstić information content (AvgIpc) is 2.39. The van der Waals surface area contributed by atoms with E-state index in [1.165, 1.54) is 4.90 Å². The fourth-order valence-corrected chi connectivity index (χ4v) is 1.72. The van der Waals surface area contributed by atoms with Crippen LogP contribution in [0.15, 0.2) is 24.3 Å². The van der Waals surface area contributed by atoms with Crippen LogP contribution in [-0.4, -0.2) is 17.5 Å². The number of nitrogens with two attached hydrogens (primary N) is 1. The molecule has 0 spiro atoms. The monoisotopic (exact) mass is 219 g/mol. The van der Waals surface area contributed by atoms with Crippen LogP contribution in [-0.2, 0) is 4.79 Å². The Morgan fingerprint density at radius 2 is 1.75 bits per heavy atom. The van der Waals surface area contributed by atoms with Gasteiger partial charge in [0, 0.05) is 11.4 Å². The fraction of sp³-hybridized carbons (Fsp3) is 0.273. The molecular weight excluding hydrogens is 206 g/mol. The standard InChI is InChI=1S/C11H13N3O2/c1-11(2)9(15)13-10(16)14(11)8-5-3-7(12)4-6-8/h3-6H,12H2,1-2H3,(H,13,15,16). The van der Waals surface area contributed by atoms with Crippen molar-refractivity contribution in [1.82, 2.24) is 5.32 Å². The zero-order chi connectivity index (χ0) is 11.9. The van der Waals surface area contributed by atoms with Crippen molar-refractivity contribution in [3.05, 3.63) is 24.3 Å². The molecule has 3 N–H and O–H groups in total. The number of nitrogens with one attached hydrogen (secondary N) is 1. The van der Waals surface area contributed by atoms with Gasteiger partial charge in [-0.1, -0.05) is 0 Å². The van der Waals surface area contributed by atoms with Gasteiger partial charge in [0.15, 0.2) is 0 Å². The Hall–Kier alpha value is -2.04. The van der Waals surface area contributed by atoms with Crippen LogP contribution in [0.4, 0.5) is 16.2 Å². The highest BCUT2D eigenvalue weighted by atomic mass is 16.2. The van der Waals surface area contributed by atoms with E-state index in [-0.39, 0.29) is 5.91 Å². The van der Waals surface area contributed by atoms with Gasteiger partial charge in [0.25, 0.3) is 5.91 Å². The lowest BCUT2D eigenvalue weighted by molar-refractivity contribution is -0.122. The minimum Gasteiger partial charge on any atom is -0.399 e. The second kappa shape index (κ2) is 3.23. The molecule has 0 aromatic heterocycles. The van der Waals surface area contributed by atoms with Gasteiger partial charge in [-0.15, -0.1) is 0 Å². The first-order valence-corrected chi connectivity index (χ1v) is 4.94. The summed E-state index contributed by atoms with van der Waals surface area (Å²) in [6.45, 7) is 3.40. The van der Waals surface area contributed by atoms with Crippen LogP contribution in [0.25, 0.3) is 0 Å². The van der Waals surface area contributed by atoms with E-state index in [1.807, 2.05) is 0 Å². The number of urea groups is 1. The number of amides is 3. The van der Waals surface area contributed by atoms with E-state index >= 15 is 0 Å². The lowest BCUT2D eigenvalue weighted by Gasteiger charge is -2.27. The summed E-state index contributed by atoms with van der Waals surface area (Å²) >= 11 is 0. The van der Waals surface area contributed by atoms with Crippen LogP contribution in [0.2, 0.25) is 0 Å². The normalized spacial score (nSPS) is 18.8. The number of anilines is 2. The largest absolute Gasteiger partial charge is 0.399 e. The molecule has 1 aromatic carbocycles. The first-order valence-electron chi connectivity index (χ1n) is 4.94. The molecular formula is C11H13N3O2. The fourth-order valence-electron chi connectivity index (χ4n) is 1.72. The number of rotatable bonds is 1. The van der Waals surface area contributed by atoms with Crippen molar-refractivity contribution in [3.63, 3.8) is 0 Å². The SMILES string of the molecule is CC1(C)C(=O)NC(=O)N1c1ccc(N)cc1. The molecule has 84 valence electrons. The summed E-state index contributed by atoms with van der Waals surface area (Å²) in [6, 6.07) is 6.42. The van der Waals surface area contributed by atoms with Crippen molar-refractivity contribution in [2.45, 2.75) is 19.4 Å². The summed E-state index contributed by atoms with van der Waals surface area (Å²) in [6.07, 6.45) is 0. The highest BCUT2D eigenvalue weighted by molar-refractivity contribution is 6.16. The molecule has 2 rings (SSSR count). The number of nitrogens with zero attached hydrogens (tertiary/aromatic N) is 1. The lowest BCUT2D eigenvalue weighted by atomic mass is 10.0. The lowest BCUT2D eigenvalue weighted by Crippen LogP contribution is -2.44. The molecule has 0 bridgehead atoms. The highest BCUT2D eigenvalue weighted by Gasteiger charge is 2.46. The maximum Gasteiger partial charge on any atom is 0.329 e. The molecule has 0 aliphatic carbocycles. The number of carbonyl (C=O) groups excluding carboxylic acids is 2. The van der Waals surface area contributed by atoms with Crippen molar-refractivity contribution < 1.29 is 9.59 Å². The van der Waals surface area contributed by atoms with E-state index in [0.29, 0.717) is 11.4 Å². The Morgan fingerprint density at radius 3 is 2.19 bits per heavy atom. The van der Waals surface area contributed by atoms with Gasteiger partial charge >= 0.3 is 6.03 Å². The van der Waals surface area contributed by atoms with Crippen molar-refractivity contribution in [2.75, 3.05) is 10.6 Å². The molecule has 5 nitrogen and oxygen atoms in total. The van der Waals surface area contributed by atoms with Crippen LogP contribution >= 0.6 is 0 Å². The Labute approximate surface area is 93.2 Å². The predicted molar refractivity (Wildman–Crippen MR) is 61.0 cm³/mol. The average molecular weight is 219 g/mol.